The third-order valence-electron chi connectivity index (χ3n) is 3.23. The second-order valence-corrected chi connectivity index (χ2v) is 6.10. The molecule has 6 heteroatoms. The summed E-state index contributed by atoms with van der Waals surface area (Å²) >= 11 is 1.62. The Morgan fingerprint density at radius 3 is 2.64 bits per heavy atom. The minimum absolute atomic E-state index is 0.212. The predicted octanol–water partition coefficient (Wildman–Crippen LogP) is 2.57. The summed E-state index contributed by atoms with van der Waals surface area (Å²) in [6.45, 7) is 4.15. The highest BCUT2D eigenvalue weighted by molar-refractivity contribution is 7.99. The van der Waals surface area contributed by atoms with Gasteiger partial charge in [-0.05, 0) is 49.2 Å². The summed E-state index contributed by atoms with van der Waals surface area (Å²) in [5.74, 6) is 0.0867. The minimum atomic E-state index is -0.361. The molecule has 0 atom stereocenters. The van der Waals surface area contributed by atoms with Crippen molar-refractivity contribution in [3.05, 3.63) is 53.3 Å². The number of hydrazine groups is 1. The Labute approximate surface area is 133 Å². The van der Waals surface area contributed by atoms with Crippen molar-refractivity contribution in [2.75, 3.05) is 5.75 Å². The van der Waals surface area contributed by atoms with E-state index in [1.165, 1.54) is 11.1 Å². The molecule has 2 aromatic rings. The van der Waals surface area contributed by atoms with Gasteiger partial charge in [0, 0.05) is 23.3 Å². The molecule has 0 fully saturated rings. The molecule has 116 valence electrons. The Hall–Kier alpha value is -2.21. The molecule has 0 unspecified atom stereocenters. The van der Waals surface area contributed by atoms with Crippen LogP contribution in [0.15, 0.2) is 41.4 Å². The molecule has 1 aromatic carbocycles. The van der Waals surface area contributed by atoms with E-state index in [1.54, 1.807) is 30.1 Å². The van der Waals surface area contributed by atoms with Crippen molar-refractivity contribution in [3.63, 3.8) is 0 Å². The standard InChI is InChI=1S/C16H19N3O2S/c1-11-5-6-13(10-12(11)2)22-9-7-15(20)18-19-16(21)14-4-3-8-17-14/h3-6,8,10,17H,7,9H2,1-2H3,(H,18,20)(H,19,21). The second kappa shape index (κ2) is 7.70. The molecule has 0 aliphatic carbocycles. The second-order valence-electron chi connectivity index (χ2n) is 4.93. The van der Waals surface area contributed by atoms with Crippen molar-refractivity contribution in [1.82, 2.24) is 15.8 Å². The zero-order chi connectivity index (χ0) is 15.9. The Bertz CT molecular complexity index is 653. The van der Waals surface area contributed by atoms with E-state index in [0.29, 0.717) is 17.9 Å². The summed E-state index contributed by atoms with van der Waals surface area (Å²) < 4.78 is 0. The zero-order valence-corrected chi connectivity index (χ0v) is 13.4. The Morgan fingerprint density at radius 1 is 1.14 bits per heavy atom. The first-order valence-electron chi connectivity index (χ1n) is 6.99. The number of thioether (sulfide) groups is 1. The molecule has 2 amide bonds. The van der Waals surface area contributed by atoms with E-state index in [-0.39, 0.29) is 11.8 Å². The Balaban J connectivity index is 1.69. The highest BCUT2D eigenvalue weighted by Gasteiger charge is 2.07. The van der Waals surface area contributed by atoms with Gasteiger partial charge in [0.15, 0.2) is 0 Å². The first-order chi connectivity index (χ1) is 10.6. The van der Waals surface area contributed by atoms with Crippen LogP contribution in [0.1, 0.15) is 28.0 Å². The molecule has 5 nitrogen and oxygen atoms in total. The highest BCUT2D eigenvalue weighted by Crippen LogP contribution is 2.21. The van der Waals surface area contributed by atoms with E-state index < -0.39 is 0 Å². The van der Waals surface area contributed by atoms with Crippen LogP contribution in [0.3, 0.4) is 0 Å². The highest BCUT2D eigenvalue weighted by atomic mass is 32.2. The van der Waals surface area contributed by atoms with Crippen LogP contribution in [-0.4, -0.2) is 22.6 Å². The fourth-order valence-corrected chi connectivity index (χ4v) is 2.74. The van der Waals surface area contributed by atoms with Crippen molar-refractivity contribution in [3.8, 4) is 0 Å². The maximum absolute atomic E-state index is 11.7. The van der Waals surface area contributed by atoms with Crippen molar-refractivity contribution in [1.29, 1.82) is 0 Å². The van der Waals surface area contributed by atoms with E-state index in [2.05, 4.69) is 47.9 Å². The molecular weight excluding hydrogens is 298 g/mol. The van der Waals surface area contributed by atoms with Crippen LogP contribution < -0.4 is 10.9 Å². The molecule has 0 bridgehead atoms. The molecule has 1 heterocycles. The average Bonchev–Trinajstić information content (AvgIpc) is 3.03. The average molecular weight is 317 g/mol. The number of aromatic nitrogens is 1. The van der Waals surface area contributed by atoms with Gasteiger partial charge in [0.05, 0.1) is 0 Å². The van der Waals surface area contributed by atoms with Crippen molar-refractivity contribution >= 4 is 23.6 Å². The van der Waals surface area contributed by atoms with Gasteiger partial charge >= 0.3 is 0 Å². The number of hydrogen-bond donors (Lipinski definition) is 3. The number of rotatable bonds is 5. The fourth-order valence-electron chi connectivity index (χ4n) is 1.79. The lowest BCUT2D eigenvalue weighted by Gasteiger charge is -2.07. The molecule has 0 spiro atoms. The van der Waals surface area contributed by atoms with Gasteiger partial charge in [0.1, 0.15) is 5.69 Å². The Morgan fingerprint density at radius 2 is 1.95 bits per heavy atom. The lowest BCUT2D eigenvalue weighted by Crippen LogP contribution is -2.41. The first kappa shape index (κ1) is 16.2. The van der Waals surface area contributed by atoms with Gasteiger partial charge in [-0.25, -0.2) is 0 Å². The van der Waals surface area contributed by atoms with Crippen LogP contribution in [0.2, 0.25) is 0 Å². The topological polar surface area (TPSA) is 74.0 Å². The number of aromatic amines is 1. The van der Waals surface area contributed by atoms with Gasteiger partial charge in [-0.15, -0.1) is 11.8 Å². The zero-order valence-electron chi connectivity index (χ0n) is 12.6. The lowest BCUT2D eigenvalue weighted by molar-refractivity contribution is -0.121. The number of benzene rings is 1. The van der Waals surface area contributed by atoms with Gasteiger partial charge in [0.2, 0.25) is 5.91 Å². The smallest absolute Gasteiger partial charge is 0.286 e. The number of hydrogen-bond acceptors (Lipinski definition) is 3. The van der Waals surface area contributed by atoms with Crippen molar-refractivity contribution in [2.24, 2.45) is 0 Å². The maximum Gasteiger partial charge on any atom is 0.286 e. The first-order valence-corrected chi connectivity index (χ1v) is 7.97. The van der Waals surface area contributed by atoms with E-state index in [0.717, 1.165) is 4.90 Å². The van der Waals surface area contributed by atoms with Gasteiger partial charge in [-0.3, -0.25) is 20.4 Å². The minimum Gasteiger partial charge on any atom is -0.357 e. The monoisotopic (exact) mass is 317 g/mol. The summed E-state index contributed by atoms with van der Waals surface area (Å²) in [6.07, 6.45) is 1.99. The van der Waals surface area contributed by atoms with Crippen LogP contribution in [0, 0.1) is 13.8 Å². The lowest BCUT2D eigenvalue weighted by atomic mass is 10.1. The third-order valence-corrected chi connectivity index (χ3v) is 4.23. The van der Waals surface area contributed by atoms with Gasteiger partial charge in [-0.1, -0.05) is 6.07 Å². The number of H-pyrrole nitrogens is 1. The molecule has 0 saturated carbocycles. The summed E-state index contributed by atoms with van der Waals surface area (Å²) in [6, 6.07) is 9.60. The molecular formula is C16H19N3O2S. The molecule has 0 radical (unpaired) electrons. The number of carbonyl (C=O) groups is 2. The van der Waals surface area contributed by atoms with E-state index in [9.17, 15) is 9.59 Å². The SMILES string of the molecule is Cc1ccc(SCCC(=O)NNC(=O)c2ccc[nH]2)cc1C. The van der Waals surface area contributed by atoms with Crippen LogP contribution in [-0.2, 0) is 4.79 Å². The van der Waals surface area contributed by atoms with Gasteiger partial charge < -0.3 is 4.98 Å². The number of carbonyl (C=O) groups excluding carboxylic acids is 2. The van der Waals surface area contributed by atoms with Crippen LogP contribution >= 0.6 is 11.8 Å². The largest absolute Gasteiger partial charge is 0.357 e. The van der Waals surface area contributed by atoms with Crippen molar-refractivity contribution in [2.45, 2.75) is 25.2 Å². The third kappa shape index (κ3) is 4.66. The molecule has 3 N–H and O–H groups in total. The number of aryl methyl sites for hydroxylation is 2. The van der Waals surface area contributed by atoms with E-state index in [1.807, 2.05) is 0 Å². The summed E-state index contributed by atoms with van der Waals surface area (Å²) in [5, 5.41) is 0. The summed E-state index contributed by atoms with van der Waals surface area (Å²) in [7, 11) is 0. The molecule has 1 aromatic heterocycles. The fraction of sp³-hybridized carbons (Fsp3) is 0.250. The van der Waals surface area contributed by atoms with Crippen LogP contribution in [0.4, 0.5) is 0 Å². The molecule has 2 rings (SSSR count). The van der Waals surface area contributed by atoms with Gasteiger partial charge in [-0.2, -0.15) is 0 Å². The predicted molar refractivity (Wildman–Crippen MR) is 87.7 cm³/mol. The van der Waals surface area contributed by atoms with Gasteiger partial charge in [0.25, 0.3) is 5.91 Å². The normalized spacial score (nSPS) is 10.3. The van der Waals surface area contributed by atoms with E-state index in [4.69, 9.17) is 0 Å². The number of amides is 2. The van der Waals surface area contributed by atoms with E-state index >= 15 is 0 Å². The molecule has 0 saturated heterocycles. The summed E-state index contributed by atoms with van der Waals surface area (Å²) in [5.41, 5.74) is 7.69. The van der Waals surface area contributed by atoms with Crippen molar-refractivity contribution < 1.29 is 9.59 Å². The Kier molecular flexibility index (Phi) is 5.66. The molecule has 0 aliphatic rings. The molecule has 0 aliphatic heterocycles. The quantitative estimate of drug-likeness (QED) is 0.586. The molecule has 22 heavy (non-hydrogen) atoms. The van der Waals surface area contributed by atoms with Crippen LogP contribution in [0.5, 0.6) is 0 Å². The van der Waals surface area contributed by atoms with Crippen LogP contribution in [0.25, 0.3) is 0 Å². The number of nitrogens with one attached hydrogen (secondary N) is 3. The summed E-state index contributed by atoms with van der Waals surface area (Å²) in [4.78, 5) is 27.2. The maximum atomic E-state index is 11.7.